The molecule has 5 atom stereocenters. The zero-order valence-corrected chi connectivity index (χ0v) is 22.9. The third-order valence-electron chi connectivity index (χ3n) is 6.67. The van der Waals surface area contributed by atoms with Crippen molar-refractivity contribution in [2.75, 3.05) is 32.1 Å². The number of hydrogen-bond acceptors (Lipinski definition) is 10. The van der Waals surface area contributed by atoms with Crippen molar-refractivity contribution in [1.29, 1.82) is 5.26 Å². The van der Waals surface area contributed by atoms with Crippen LogP contribution in [0.5, 0.6) is 0 Å². The Kier molecular flexibility index (Phi) is 8.83. The second-order valence-electron chi connectivity index (χ2n) is 9.42. The van der Waals surface area contributed by atoms with Crippen LogP contribution in [0.1, 0.15) is 4.88 Å². The molecular weight excluding hydrogens is 542 g/mol. The first kappa shape index (κ1) is 28.8. The first-order valence-electron chi connectivity index (χ1n) is 12.1. The summed E-state index contributed by atoms with van der Waals surface area (Å²) < 4.78 is 33.3. The smallest absolute Gasteiger partial charge is 0.250 e. The minimum absolute atomic E-state index is 0.374. The second kappa shape index (κ2) is 11.9. The molecule has 3 aromatic rings. The van der Waals surface area contributed by atoms with Gasteiger partial charge >= 0.3 is 0 Å². The molecule has 2 unspecified atom stereocenters. The maximum absolute atomic E-state index is 12.9. The van der Waals surface area contributed by atoms with Crippen LogP contribution in [0, 0.1) is 17.2 Å². The van der Waals surface area contributed by atoms with Crippen molar-refractivity contribution in [3.05, 3.63) is 58.3 Å². The number of ether oxygens (including phenoxy) is 1. The van der Waals surface area contributed by atoms with Gasteiger partial charge in [-0.15, -0.1) is 11.3 Å². The van der Waals surface area contributed by atoms with Crippen molar-refractivity contribution < 1.29 is 33.3 Å². The lowest BCUT2D eigenvalue weighted by Gasteiger charge is -2.40. The summed E-state index contributed by atoms with van der Waals surface area (Å²) in [4.78, 5) is 14.4. The highest BCUT2D eigenvalue weighted by Crippen LogP contribution is 2.33. The van der Waals surface area contributed by atoms with E-state index in [2.05, 4.69) is 10.8 Å². The molecule has 1 aromatic heterocycles. The first-order valence-corrected chi connectivity index (χ1v) is 14.4. The lowest BCUT2D eigenvalue weighted by atomic mass is 9.87. The second-order valence-corrected chi connectivity index (χ2v) is 12.3. The average Bonchev–Trinajstić information content (AvgIpc) is 3.40. The predicted molar refractivity (Wildman–Crippen MR) is 149 cm³/mol. The summed E-state index contributed by atoms with van der Waals surface area (Å²) in [6.07, 6.45) is -3.85. The van der Waals surface area contributed by atoms with Gasteiger partial charge in [-0.2, -0.15) is 5.26 Å². The van der Waals surface area contributed by atoms with Gasteiger partial charge in [-0.25, -0.2) is 13.1 Å². The summed E-state index contributed by atoms with van der Waals surface area (Å²) in [5, 5.41) is 41.5. The van der Waals surface area contributed by atoms with Gasteiger partial charge < -0.3 is 29.8 Å². The number of aliphatic hydroxyl groups is 3. The summed E-state index contributed by atoms with van der Waals surface area (Å²) in [7, 11) is -0.356. The van der Waals surface area contributed by atoms with Crippen molar-refractivity contribution in [3.63, 3.8) is 0 Å². The summed E-state index contributed by atoms with van der Waals surface area (Å²) in [5.74, 6) is -1.12. The number of carbonyl (C=O) groups excluding carboxylic acids is 1. The summed E-state index contributed by atoms with van der Waals surface area (Å²) >= 11 is 1.32. The number of nitriles is 1. The van der Waals surface area contributed by atoms with Crippen LogP contribution in [0.3, 0.4) is 0 Å². The summed E-state index contributed by atoms with van der Waals surface area (Å²) in [6.45, 7) is -1.09. The van der Waals surface area contributed by atoms with Gasteiger partial charge in [-0.1, -0.05) is 18.2 Å². The van der Waals surface area contributed by atoms with Gasteiger partial charge in [0, 0.05) is 42.0 Å². The topological polar surface area (TPSA) is 160 Å². The maximum atomic E-state index is 12.9. The molecule has 0 spiro atoms. The number of nitrogens with one attached hydrogen (secondary N) is 1. The average molecular weight is 572 g/mol. The molecule has 0 amide bonds. The minimum Gasteiger partial charge on any atom is -0.394 e. The zero-order valence-electron chi connectivity index (χ0n) is 21.3. The van der Waals surface area contributed by atoms with Crippen molar-refractivity contribution in [3.8, 4) is 16.5 Å². The van der Waals surface area contributed by atoms with E-state index in [1.807, 2.05) is 55.4 Å². The van der Waals surface area contributed by atoms with Crippen LogP contribution in [0.15, 0.2) is 53.4 Å². The van der Waals surface area contributed by atoms with E-state index in [-0.39, 0.29) is 0 Å². The Labute approximate surface area is 230 Å². The molecule has 1 aliphatic heterocycles. The van der Waals surface area contributed by atoms with E-state index in [0.717, 1.165) is 26.9 Å². The molecule has 2 aromatic carbocycles. The van der Waals surface area contributed by atoms with Crippen LogP contribution in [-0.2, 0) is 19.6 Å². The minimum atomic E-state index is -4.32. The quantitative estimate of drug-likeness (QED) is 0.221. The molecule has 4 rings (SSSR count). The van der Waals surface area contributed by atoms with Gasteiger partial charge in [0.05, 0.1) is 12.7 Å². The number of allylic oxidation sites excluding steroid dienone is 1. The highest BCUT2D eigenvalue weighted by molar-refractivity contribution is 7.93. The Balaban J connectivity index is 1.51. The number of aldehydes is 1. The number of carbonyl (C=O) groups is 1. The normalized spacial score (nSPS) is 23.9. The van der Waals surface area contributed by atoms with E-state index >= 15 is 0 Å². The van der Waals surface area contributed by atoms with Crippen LogP contribution in [0.4, 0.5) is 5.69 Å². The number of aliphatic hydroxyl groups excluding tert-OH is 3. The fourth-order valence-electron chi connectivity index (χ4n) is 4.40. The van der Waals surface area contributed by atoms with Gasteiger partial charge in [-0.3, -0.25) is 0 Å². The summed E-state index contributed by atoms with van der Waals surface area (Å²) in [6, 6.07) is 17.5. The maximum Gasteiger partial charge on any atom is 0.250 e. The van der Waals surface area contributed by atoms with Crippen LogP contribution in [0.2, 0.25) is 0 Å². The van der Waals surface area contributed by atoms with Crippen molar-refractivity contribution in [2.45, 2.75) is 24.4 Å². The molecule has 0 aliphatic carbocycles. The number of benzene rings is 2. The Morgan fingerprint density at radius 1 is 1.13 bits per heavy atom. The van der Waals surface area contributed by atoms with E-state index in [1.165, 1.54) is 17.4 Å². The number of fused-ring (bicyclic) bond motifs is 1. The number of anilines is 1. The number of nitrogens with zero attached hydrogens (tertiary/aromatic N) is 2. The zero-order chi connectivity index (χ0) is 28.3. The third-order valence-corrected chi connectivity index (χ3v) is 9.09. The molecule has 0 bridgehead atoms. The van der Waals surface area contributed by atoms with E-state index in [4.69, 9.17) is 4.74 Å². The molecule has 4 N–H and O–H groups in total. The monoisotopic (exact) mass is 571 g/mol. The summed E-state index contributed by atoms with van der Waals surface area (Å²) in [5.41, 5.74) is 2.05. The molecule has 2 heterocycles. The van der Waals surface area contributed by atoms with Crippen molar-refractivity contribution >= 4 is 50.2 Å². The molecule has 12 heteroatoms. The van der Waals surface area contributed by atoms with Gasteiger partial charge in [-0.05, 0) is 52.7 Å². The fraction of sp³-hybridized carbons (Fsp3) is 0.333. The van der Waals surface area contributed by atoms with Gasteiger partial charge in [0.25, 0.3) is 10.0 Å². The van der Waals surface area contributed by atoms with Gasteiger partial charge in [0.15, 0.2) is 4.91 Å². The standard InChI is InChI=1S/C27H29N3O7S2/c1-30(2)19-6-5-16-9-18(4-3-17(16)10-19)25-8-7-20(38-25)11-21(12-28)39(35,36)29-13-22-23(14-31)37-24(15-32)27(34)26(22)33/h3-11,14,22-24,26-27,29,32-34H,13,15H2,1-2H3/b21-11+/t22?,23?,24-,26-,27-/m1/s1. The fourth-order valence-corrected chi connectivity index (χ4v) is 6.40. The van der Waals surface area contributed by atoms with E-state index < -0.39 is 58.4 Å². The highest BCUT2D eigenvalue weighted by Gasteiger charge is 2.44. The number of rotatable bonds is 9. The molecule has 206 valence electrons. The third kappa shape index (κ3) is 6.21. The Bertz CT molecular complexity index is 1530. The van der Waals surface area contributed by atoms with E-state index in [1.54, 1.807) is 12.1 Å². The molecule has 0 radical (unpaired) electrons. The lowest BCUT2D eigenvalue weighted by molar-refractivity contribution is -0.202. The number of hydrogen-bond donors (Lipinski definition) is 4. The van der Waals surface area contributed by atoms with Crippen LogP contribution in [0.25, 0.3) is 27.3 Å². The van der Waals surface area contributed by atoms with Crippen molar-refractivity contribution in [1.82, 2.24) is 4.72 Å². The largest absolute Gasteiger partial charge is 0.394 e. The van der Waals surface area contributed by atoms with E-state index in [0.29, 0.717) is 11.2 Å². The Morgan fingerprint density at radius 2 is 1.85 bits per heavy atom. The predicted octanol–water partition coefficient (Wildman–Crippen LogP) is 1.71. The van der Waals surface area contributed by atoms with Crippen LogP contribution >= 0.6 is 11.3 Å². The first-order chi connectivity index (χ1) is 18.6. The highest BCUT2D eigenvalue weighted by atomic mass is 32.2. The molecule has 1 aliphatic rings. The molecule has 39 heavy (non-hydrogen) atoms. The molecular formula is C27H29N3O7S2. The van der Waals surface area contributed by atoms with Gasteiger partial charge in [0.2, 0.25) is 0 Å². The van der Waals surface area contributed by atoms with Crippen molar-refractivity contribution in [2.24, 2.45) is 5.92 Å². The van der Waals surface area contributed by atoms with E-state index in [9.17, 15) is 33.8 Å². The Hall–Kier alpha value is -3.15. The van der Waals surface area contributed by atoms with Gasteiger partial charge in [0.1, 0.15) is 30.7 Å². The Morgan fingerprint density at radius 3 is 2.51 bits per heavy atom. The molecule has 0 saturated carbocycles. The molecule has 1 saturated heterocycles. The number of thiophene rings is 1. The van der Waals surface area contributed by atoms with Crippen LogP contribution in [-0.4, -0.2) is 81.7 Å². The SMILES string of the molecule is CN(C)c1ccc2cc(-c3ccc(/C=C(\C#N)S(=O)(=O)NCC4C(C=O)O[C@H](CO)[C@@H](O)[C@@H]4O)s3)ccc2c1. The molecule has 10 nitrogen and oxygen atoms in total. The van der Waals surface area contributed by atoms with Crippen LogP contribution < -0.4 is 9.62 Å². The lowest BCUT2D eigenvalue weighted by Crippen LogP contribution is -2.58. The number of sulfonamides is 1. The molecule has 1 fully saturated rings.